The Bertz CT molecular complexity index is 2090. The number of ether oxygens (including phenoxy) is 1. The fraction of sp³-hybridized carbons (Fsp3) is 0.364. The van der Waals surface area contributed by atoms with Crippen molar-refractivity contribution in [2.24, 2.45) is 7.05 Å². The fourth-order valence-corrected chi connectivity index (χ4v) is 7.63. The van der Waals surface area contributed by atoms with Crippen molar-refractivity contribution in [2.45, 2.75) is 62.6 Å². The number of fused-ring (bicyclic) bond motifs is 3. The Balaban J connectivity index is 1.27. The molecule has 0 spiro atoms. The number of nitrogen functional groups attached to an aromatic ring is 1. The SMILES string of the molecule is C[C@H](Oc1cc(-c2nn(C)c3c(-c4cnn(C5CC6CCC(C5)N6C)c4)cnc(N)c23)ccc1NS(=O)(=O)C(F)F)c1ccc(F)cc1. The lowest BCUT2D eigenvalue weighted by Gasteiger charge is -2.36. The molecule has 2 bridgehead atoms. The predicted molar refractivity (Wildman–Crippen MR) is 176 cm³/mol. The Labute approximate surface area is 275 Å². The van der Waals surface area contributed by atoms with Crippen molar-refractivity contribution in [1.29, 1.82) is 0 Å². The van der Waals surface area contributed by atoms with Crippen molar-refractivity contribution in [3.63, 3.8) is 0 Å². The van der Waals surface area contributed by atoms with Gasteiger partial charge in [-0.05, 0) is 69.5 Å². The number of hydrogen-bond acceptors (Lipinski definition) is 8. The summed E-state index contributed by atoms with van der Waals surface area (Å²) in [7, 11) is -1.02. The molecule has 5 aromatic rings. The summed E-state index contributed by atoms with van der Waals surface area (Å²) in [6.07, 6.45) is 9.38. The number of rotatable bonds is 9. The standard InChI is InChI=1S/C33H35F3N8O3S/c1-18(19-4-7-22(34)8-5-19)47-28-12-20(6-11-27(28)41-48(45,46)33(35)36)30-29-31(43(3)40-30)26(16-38-32(29)37)21-15-39-44(17-21)25-13-23-9-10-24(14-25)42(23)2/h4-8,11-12,15-18,23-25,33,41H,9-10,13-14H2,1-3H3,(H2,37,38)/t18-,23?,24?,25?/m0/s1. The van der Waals surface area contributed by atoms with Crippen LogP contribution in [0.15, 0.2) is 61.1 Å². The van der Waals surface area contributed by atoms with Gasteiger partial charge < -0.3 is 15.4 Å². The molecule has 5 heterocycles. The topological polar surface area (TPSA) is 133 Å². The molecular weight excluding hydrogens is 645 g/mol. The minimum absolute atomic E-state index is 0.0385. The Morgan fingerprint density at radius 2 is 1.71 bits per heavy atom. The van der Waals surface area contributed by atoms with Crippen LogP contribution in [0.25, 0.3) is 33.3 Å². The van der Waals surface area contributed by atoms with Crippen molar-refractivity contribution >= 4 is 32.4 Å². The molecule has 3 aromatic heterocycles. The maximum Gasteiger partial charge on any atom is 0.355 e. The van der Waals surface area contributed by atoms with Gasteiger partial charge in [-0.25, -0.2) is 17.8 Å². The molecule has 2 aliphatic heterocycles. The molecule has 2 aliphatic rings. The minimum Gasteiger partial charge on any atom is -0.484 e. The second-order valence-electron chi connectivity index (χ2n) is 12.6. The fourth-order valence-electron chi connectivity index (χ4n) is 7.07. The van der Waals surface area contributed by atoms with E-state index in [0.29, 0.717) is 45.8 Å². The first-order chi connectivity index (χ1) is 22.9. The minimum atomic E-state index is -5.02. The van der Waals surface area contributed by atoms with E-state index in [-0.39, 0.29) is 17.3 Å². The van der Waals surface area contributed by atoms with Gasteiger partial charge >= 0.3 is 5.76 Å². The highest BCUT2D eigenvalue weighted by atomic mass is 32.2. The molecule has 7 rings (SSSR count). The zero-order valence-electron chi connectivity index (χ0n) is 26.5. The highest BCUT2D eigenvalue weighted by Crippen LogP contribution is 2.42. The van der Waals surface area contributed by atoms with Gasteiger partial charge in [-0.15, -0.1) is 0 Å². The lowest BCUT2D eigenvalue weighted by atomic mass is 9.98. The van der Waals surface area contributed by atoms with Crippen LogP contribution in [-0.4, -0.2) is 62.8 Å². The van der Waals surface area contributed by atoms with E-state index in [2.05, 4.69) is 21.6 Å². The molecule has 2 unspecified atom stereocenters. The summed E-state index contributed by atoms with van der Waals surface area (Å²) in [6.45, 7) is 1.67. The van der Waals surface area contributed by atoms with Gasteiger partial charge in [0.25, 0.3) is 10.0 Å². The molecule has 3 atom stereocenters. The highest BCUT2D eigenvalue weighted by molar-refractivity contribution is 7.93. The monoisotopic (exact) mass is 680 g/mol. The van der Waals surface area contributed by atoms with Gasteiger partial charge in [0.2, 0.25) is 0 Å². The van der Waals surface area contributed by atoms with Crippen LogP contribution in [0.2, 0.25) is 0 Å². The Morgan fingerprint density at radius 1 is 1.00 bits per heavy atom. The van der Waals surface area contributed by atoms with E-state index in [1.54, 1.807) is 30.9 Å². The molecule has 15 heteroatoms. The molecule has 0 aliphatic carbocycles. The molecule has 48 heavy (non-hydrogen) atoms. The molecule has 3 N–H and O–H groups in total. The van der Waals surface area contributed by atoms with Crippen molar-refractivity contribution < 1.29 is 26.3 Å². The number of pyridine rings is 1. The maximum absolute atomic E-state index is 13.6. The van der Waals surface area contributed by atoms with Gasteiger partial charge in [0.15, 0.2) is 0 Å². The van der Waals surface area contributed by atoms with Gasteiger partial charge in [0, 0.05) is 48.2 Å². The van der Waals surface area contributed by atoms with Gasteiger partial charge in [-0.2, -0.15) is 19.0 Å². The van der Waals surface area contributed by atoms with Crippen LogP contribution < -0.4 is 15.2 Å². The van der Waals surface area contributed by atoms with Crippen LogP contribution in [0, 0.1) is 5.82 Å². The second-order valence-corrected chi connectivity index (χ2v) is 14.2. The molecule has 0 amide bonds. The summed E-state index contributed by atoms with van der Waals surface area (Å²) >= 11 is 0. The number of sulfonamides is 1. The van der Waals surface area contributed by atoms with Crippen molar-refractivity contribution in [3.05, 3.63) is 72.4 Å². The van der Waals surface area contributed by atoms with Crippen molar-refractivity contribution in [2.75, 3.05) is 17.5 Å². The normalized spacial score (nSPS) is 20.4. The third kappa shape index (κ3) is 5.74. The zero-order valence-corrected chi connectivity index (χ0v) is 27.3. The maximum atomic E-state index is 13.6. The highest BCUT2D eigenvalue weighted by Gasteiger charge is 2.39. The van der Waals surface area contributed by atoms with E-state index in [1.165, 1.54) is 49.2 Å². The summed E-state index contributed by atoms with van der Waals surface area (Å²) in [5.41, 5.74) is 10.1. The van der Waals surface area contributed by atoms with Crippen LogP contribution >= 0.6 is 0 Å². The summed E-state index contributed by atoms with van der Waals surface area (Å²) in [6, 6.07) is 11.4. The number of nitrogens with two attached hydrogens (primary N) is 1. The Morgan fingerprint density at radius 3 is 2.40 bits per heavy atom. The van der Waals surface area contributed by atoms with E-state index in [4.69, 9.17) is 20.7 Å². The molecular formula is C33H35F3N8O3S. The average molecular weight is 681 g/mol. The number of benzene rings is 2. The average Bonchev–Trinajstić information content (AvgIpc) is 3.72. The first-order valence-electron chi connectivity index (χ1n) is 15.6. The van der Waals surface area contributed by atoms with Gasteiger partial charge in [-0.3, -0.25) is 14.1 Å². The summed E-state index contributed by atoms with van der Waals surface area (Å²) in [5.74, 6) is -3.92. The molecule has 11 nitrogen and oxygen atoms in total. The quantitative estimate of drug-likeness (QED) is 0.190. The molecule has 252 valence electrons. The zero-order chi connectivity index (χ0) is 33.9. The van der Waals surface area contributed by atoms with Gasteiger partial charge in [0.05, 0.1) is 28.8 Å². The molecule has 2 aromatic carbocycles. The molecule has 2 saturated heterocycles. The number of anilines is 2. The van der Waals surface area contributed by atoms with E-state index in [0.717, 1.165) is 24.0 Å². The van der Waals surface area contributed by atoms with Gasteiger partial charge in [0.1, 0.15) is 29.2 Å². The lowest BCUT2D eigenvalue weighted by Crippen LogP contribution is -2.40. The first-order valence-corrected chi connectivity index (χ1v) is 17.2. The third-order valence-corrected chi connectivity index (χ3v) is 10.6. The lowest BCUT2D eigenvalue weighted by molar-refractivity contribution is 0.131. The first kappa shape index (κ1) is 31.9. The number of aromatic nitrogens is 5. The van der Waals surface area contributed by atoms with Crippen LogP contribution in [0.4, 0.5) is 24.7 Å². The number of aryl methyl sites for hydroxylation is 1. The van der Waals surface area contributed by atoms with Gasteiger partial charge in [-0.1, -0.05) is 18.2 Å². The van der Waals surface area contributed by atoms with E-state index >= 15 is 0 Å². The van der Waals surface area contributed by atoms with Crippen LogP contribution in [0.3, 0.4) is 0 Å². The second kappa shape index (κ2) is 12.1. The number of nitrogens with zero attached hydrogens (tertiary/aromatic N) is 6. The summed E-state index contributed by atoms with van der Waals surface area (Å²) < 4.78 is 76.3. The summed E-state index contributed by atoms with van der Waals surface area (Å²) in [4.78, 5) is 6.99. The number of alkyl halides is 2. The predicted octanol–water partition coefficient (Wildman–Crippen LogP) is 6.12. The van der Waals surface area contributed by atoms with Crippen molar-refractivity contribution in [3.8, 4) is 28.1 Å². The summed E-state index contributed by atoms with van der Waals surface area (Å²) in [5, 5.41) is 10.1. The Hall–Kier alpha value is -4.63. The molecule has 0 radical (unpaired) electrons. The molecule has 2 fully saturated rings. The van der Waals surface area contributed by atoms with Crippen LogP contribution in [-0.2, 0) is 17.1 Å². The van der Waals surface area contributed by atoms with E-state index in [9.17, 15) is 21.6 Å². The van der Waals surface area contributed by atoms with Crippen LogP contribution in [0.5, 0.6) is 5.75 Å². The number of hydrogen-bond donors (Lipinski definition) is 2. The Kier molecular flexibility index (Phi) is 8.06. The van der Waals surface area contributed by atoms with E-state index < -0.39 is 27.7 Å². The molecule has 0 saturated carbocycles. The smallest absolute Gasteiger partial charge is 0.355 e. The number of piperidine rings is 1. The van der Waals surface area contributed by atoms with E-state index in [1.807, 2.05) is 17.1 Å². The number of halogens is 3. The van der Waals surface area contributed by atoms with Crippen LogP contribution in [0.1, 0.15) is 50.3 Å². The number of nitrogens with one attached hydrogen (secondary N) is 1. The largest absolute Gasteiger partial charge is 0.484 e. The third-order valence-electron chi connectivity index (χ3n) is 9.64. The van der Waals surface area contributed by atoms with Crippen molar-refractivity contribution in [1.82, 2.24) is 29.4 Å².